The second-order valence-electron chi connectivity index (χ2n) is 4.54. The summed E-state index contributed by atoms with van der Waals surface area (Å²) in [5.74, 6) is 0.488. The minimum absolute atomic E-state index is 0.163. The van der Waals surface area contributed by atoms with Gasteiger partial charge in [-0.3, -0.25) is 4.79 Å². The van der Waals surface area contributed by atoms with Gasteiger partial charge in [0.05, 0.1) is 19.8 Å². The molecule has 1 amide bonds. The van der Waals surface area contributed by atoms with Gasteiger partial charge >= 0.3 is 0 Å². The number of aromatic nitrogens is 1. The smallest absolute Gasteiger partial charge is 0.273 e. The standard InChI is InChI=1S/C12H19N3O3/c1-10-9-11(14-18-10)12(16)13-3-2-4-15-5-7-17-8-6-15/h9H,2-8H2,1H3,(H,13,16)/p+1. The molecule has 18 heavy (non-hydrogen) atoms. The summed E-state index contributed by atoms with van der Waals surface area (Å²) in [6.07, 6.45) is 0.970. The summed E-state index contributed by atoms with van der Waals surface area (Å²) >= 11 is 0. The van der Waals surface area contributed by atoms with Gasteiger partial charge in [0.1, 0.15) is 18.8 Å². The number of amides is 1. The number of hydrogen-bond donors (Lipinski definition) is 2. The fourth-order valence-electron chi connectivity index (χ4n) is 2.01. The maximum absolute atomic E-state index is 11.6. The number of ether oxygens (including phenoxy) is 1. The Morgan fingerprint density at radius 1 is 1.50 bits per heavy atom. The number of carbonyl (C=O) groups excluding carboxylic acids is 1. The van der Waals surface area contributed by atoms with Crippen LogP contribution < -0.4 is 10.2 Å². The van der Waals surface area contributed by atoms with Crippen LogP contribution in [0.4, 0.5) is 0 Å². The number of morpholine rings is 1. The third-order valence-electron chi connectivity index (χ3n) is 3.05. The molecule has 1 aromatic heterocycles. The summed E-state index contributed by atoms with van der Waals surface area (Å²) in [6, 6.07) is 1.64. The highest BCUT2D eigenvalue weighted by atomic mass is 16.5. The van der Waals surface area contributed by atoms with Gasteiger partial charge in [-0.1, -0.05) is 5.16 Å². The molecule has 1 aliphatic rings. The molecule has 6 nitrogen and oxygen atoms in total. The van der Waals surface area contributed by atoms with Crippen molar-refractivity contribution >= 4 is 5.91 Å². The van der Waals surface area contributed by atoms with Crippen molar-refractivity contribution in [3.63, 3.8) is 0 Å². The van der Waals surface area contributed by atoms with E-state index in [2.05, 4.69) is 10.5 Å². The van der Waals surface area contributed by atoms with Crippen LogP contribution in [0.15, 0.2) is 10.6 Å². The van der Waals surface area contributed by atoms with Crippen LogP contribution in [0, 0.1) is 6.92 Å². The van der Waals surface area contributed by atoms with E-state index in [1.165, 1.54) is 0 Å². The molecule has 0 saturated carbocycles. The summed E-state index contributed by atoms with van der Waals surface area (Å²) in [5, 5.41) is 6.52. The molecule has 6 heteroatoms. The van der Waals surface area contributed by atoms with Crippen molar-refractivity contribution in [3.05, 3.63) is 17.5 Å². The van der Waals surface area contributed by atoms with Gasteiger partial charge in [0.25, 0.3) is 5.91 Å². The quantitative estimate of drug-likeness (QED) is 0.663. The second-order valence-corrected chi connectivity index (χ2v) is 4.54. The molecular weight excluding hydrogens is 234 g/mol. The monoisotopic (exact) mass is 254 g/mol. The summed E-state index contributed by atoms with van der Waals surface area (Å²) in [4.78, 5) is 13.2. The minimum Gasteiger partial charge on any atom is -0.370 e. The van der Waals surface area contributed by atoms with Gasteiger partial charge in [-0.2, -0.15) is 0 Å². The number of aryl methyl sites for hydroxylation is 1. The van der Waals surface area contributed by atoms with Gasteiger partial charge < -0.3 is 19.5 Å². The number of rotatable bonds is 5. The zero-order valence-corrected chi connectivity index (χ0v) is 10.7. The Morgan fingerprint density at radius 2 is 2.28 bits per heavy atom. The van der Waals surface area contributed by atoms with Gasteiger partial charge in [0.2, 0.25) is 0 Å². The molecular formula is C12H20N3O3+. The van der Waals surface area contributed by atoms with E-state index >= 15 is 0 Å². The average molecular weight is 254 g/mol. The molecule has 100 valence electrons. The topological polar surface area (TPSA) is 68.8 Å². The molecule has 0 atom stereocenters. The van der Waals surface area contributed by atoms with Crippen LogP contribution >= 0.6 is 0 Å². The maximum Gasteiger partial charge on any atom is 0.273 e. The molecule has 0 aliphatic carbocycles. The third-order valence-corrected chi connectivity index (χ3v) is 3.05. The number of nitrogens with zero attached hydrogens (tertiary/aromatic N) is 1. The molecule has 1 aromatic rings. The molecule has 2 heterocycles. The zero-order chi connectivity index (χ0) is 12.8. The Hall–Kier alpha value is -1.40. The summed E-state index contributed by atoms with van der Waals surface area (Å²) < 4.78 is 10.2. The Bertz CT molecular complexity index is 386. The van der Waals surface area contributed by atoms with E-state index in [4.69, 9.17) is 9.26 Å². The van der Waals surface area contributed by atoms with Crippen molar-refractivity contribution in [1.29, 1.82) is 0 Å². The van der Waals surface area contributed by atoms with Crippen LogP contribution in [0.25, 0.3) is 0 Å². The van der Waals surface area contributed by atoms with E-state index in [1.807, 2.05) is 0 Å². The first-order chi connectivity index (χ1) is 8.75. The zero-order valence-electron chi connectivity index (χ0n) is 10.7. The van der Waals surface area contributed by atoms with Crippen LogP contribution in [-0.2, 0) is 4.74 Å². The highest BCUT2D eigenvalue weighted by Crippen LogP contribution is 2.00. The van der Waals surface area contributed by atoms with E-state index in [9.17, 15) is 4.79 Å². The second kappa shape index (κ2) is 6.51. The van der Waals surface area contributed by atoms with Crippen molar-refractivity contribution in [3.8, 4) is 0 Å². The molecule has 2 rings (SSSR count). The third kappa shape index (κ3) is 3.82. The van der Waals surface area contributed by atoms with Crippen LogP contribution in [0.1, 0.15) is 22.7 Å². The number of quaternary nitrogens is 1. The van der Waals surface area contributed by atoms with Gasteiger partial charge in [0.15, 0.2) is 5.69 Å². The highest BCUT2D eigenvalue weighted by molar-refractivity contribution is 5.92. The molecule has 0 bridgehead atoms. The number of nitrogens with one attached hydrogen (secondary N) is 2. The summed E-state index contributed by atoms with van der Waals surface area (Å²) in [5.41, 5.74) is 0.353. The van der Waals surface area contributed by atoms with E-state index in [1.54, 1.807) is 17.9 Å². The first kappa shape index (κ1) is 13.0. The Kier molecular flexibility index (Phi) is 4.72. The minimum atomic E-state index is -0.163. The lowest BCUT2D eigenvalue weighted by Crippen LogP contribution is -3.14. The van der Waals surface area contributed by atoms with Gasteiger partial charge in [-0.25, -0.2) is 0 Å². The molecule has 1 saturated heterocycles. The summed E-state index contributed by atoms with van der Waals surface area (Å²) in [6.45, 7) is 7.34. The van der Waals surface area contributed by atoms with Gasteiger partial charge in [0, 0.05) is 19.0 Å². The maximum atomic E-state index is 11.6. The lowest BCUT2D eigenvalue weighted by Gasteiger charge is -2.23. The molecule has 0 spiro atoms. The fraction of sp³-hybridized carbons (Fsp3) is 0.667. The van der Waals surface area contributed by atoms with Crippen molar-refractivity contribution in [2.45, 2.75) is 13.3 Å². The van der Waals surface area contributed by atoms with Crippen molar-refractivity contribution in [2.24, 2.45) is 0 Å². The highest BCUT2D eigenvalue weighted by Gasteiger charge is 2.14. The molecule has 0 aromatic carbocycles. The van der Waals surface area contributed by atoms with Crippen molar-refractivity contribution < 1.29 is 19.0 Å². The Balaban J connectivity index is 1.61. The normalized spacial score (nSPS) is 16.7. The first-order valence-electron chi connectivity index (χ1n) is 6.38. The van der Waals surface area contributed by atoms with Crippen molar-refractivity contribution in [2.75, 3.05) is 39.4 Å². The van der Waals surface area contributed by atoms with Crippen LogP contribution in [0.2, 0.25) is 0 Å². The van der Waals surface area contributed by atoms with Crippen molar-refractivity contribution in [1.82, 2.24) is 10.5 Å². The lowest BCUT2D eigenvalue weighted by molar-refractivity contribution is -0.908. The van der Waals surface area contributed by atoms with Gasteiger partial charge in [-0.05, 0) is 6.92 Å². The number of carbonyl (C=O) groups is 1. The largest absolute Gasteiger partial charge is 0.370 e. The van der Waals surface area contributed by atoms with Crippen LogP contribution in [0.3, 0.4) is 0 Å². The van der Waals surface area contributed by atoms with Crippen LogP contribution in [0.5, 0.6) is 0 Å². The van der Waals surface area contributed by atoms with Crippen LogP contribution in [-0.4, -0.2) is 50.5 Å². The molecule has 0 unspecified atom stereocenters. The van der Waals surface area contributed by atoms with E-state index in [0.29, 0.717) is 18.0 Å². The SMILES string of the molecule is Cc1cc(C(=O)NCCC[NH+]2CCOCC2)no1. The molecule has 0 radical (unpaired) electrons. The lowest BCUT2D eigenvalue weighted by atomic mass is 10.3. The predicted octanol–water partition coefficient (Wildman–Crippen LogP) is -0.982. The molecule has 1 aliphatic heterocycles. The Morgan fingerprint density at radius 3 is 2.94 bits per heavy atom. The predicted molar refractivity (Wildman–Crippen MR) is 64.6 cm³/mol. The number of hydrogen-bond acceptors (Lipinski definition) is 4. The molecule has 2 N–H and O–H groups in total. The van der Waals surface area contributed by atoms with E-state index in [-0.39, 0.29) is 5.91 Å². The van der Waals surface area contributed by atoms with E-state index in [0.717, 1.165) is 39.3 Å². The Labute approximate surface area is 106 Å². The molecule has 1 fully saturated rings. The first-order valence-corrected chi connectivity index (χ1v) is 6.38. The average Bonchev–Trinajstić information content (AvgIpc) is 2.82. The van der Waals surface area contributed by atoms with Gasteiger partial charge in [-0.15, -0.1) is 0 Å². The fourth-order valence-corrected chi connectivity index (χ4v) is 2.01. The van der Waals surface area contributed by atoms with E-state index < -0.39 is 0 Å². The summed E-state index contributed by atoms with van der Waals surface area (Å²) in [7, 11) is 0.